The summed E-state index contributed by atoms with van der Waals surface area (Å²) in [6.07, 6.45) is 5.24. The Morgan fingerprint density at radius 2 is 1.73 bits per heavy atom. The third-order valence-electron chi connectivity index (χ3n) is 5.78. The molecule has 2 heterocycles. The van der Waals surface area contributed by atoms with Crippen LogP contribution in [0.5, 0.6) is 5.75 Å². The van der Waals surface area contributed by atoms with Crippen LogP contribution in [0.15, 0.2) is 24.3 Å². The van der Waals surface area contributed by atoms with Crippen LogP contribution in [0.1, 0.15) is 31.2 Å². The molecular formula is C20H27N3O3. The molecule has 140 valence electrons. The first-order chi connectivity index (χ1) is 12.7. The van der Waals surface area contributed by atoms with Gasteiger partial charge in [-0.15, -0.1) is 0 Å². The highest BCUT2D eigenvalue weighted by atomic mass is 16.5. The topological polar surface area (TPSA) is 61.9 Å². The smallest absolute Gasteiger partial charge is 0.317 e. The predicted octanol–water partition coefficient (Wildman–Crippen LogP) is 2.03. The Morgan fingerprint density at radius 1 is 1.04 bits per heavy atom. The van der Waals surface area contributed by atoms with Gasteiger partial charge in [-0.2, -0.15) is 0 Å². The Labute approximate surface area is 154 Å². The third kappa shape index (κ3) is 3.64. The van der Waals surface area contributed by atoms with E-state index in [1.54, 1.807) is 4.90 Å². The summed E-state index contributed by atoms with van der Waals surface area (Å²) in [5.74, 6) is 1.43. The minimum atomic E-state index is -0.0579. The maximum absolute atomic E-state index is 12.5. The number of carbonyl (C=O) groups is 2. The van der Waals surface area contributed by atoms with E-state index in [4.69, 9.17) is 4.74 Å². The van der Waals surface area contributed by atoms with Crippen LogP contribution in [0.2, 0.25) is 0 Å². The second-order valence-electron chi connectivity index (χ2n) is 7.53. The molecule has 1 aliphatic carbocycles. The van der Waals surface area contributed by atoms with Crippen molar-refractivity contribution < 1.29 is 14.3 Å². The van der Waals surface area contributed by atoms with E-state index in [1.807, 2.05) is 23.1 Å². The predicted molar refractivity (Wildman–Crippen MR) is 98.1 cm³/mol. The van der Waals surface area contributed by atoms with Crippen LogP contribution in [-0.4, -0.2) is 60.6 Å². The van der Waals surface area contributed by atoms with Crippen molar-refractivity contribution in [1.82, 2.24) is 15.1 Å². The third-order valence-corrected chi connectivity index (χ3v) is 5.78. The van der Waals surface area contributed by atoms with E-state index in [0.717, 1.165) is 25.0 Å². The van der Waals surface area contributed by atoms with Gasteiger partial charge in [0.05, 0.1) is 6.54 Å². The number of nitrogens with zero attached hydrogens (tertiary/aromatic N) is 2. The number of amides is 3. The van der Waals surface area contributed by atoms with Crippen LogP contribution < -0.4 is 10.1 Å². The Bertz CT molecular complexity index is 639. The molecule has 1 atom stereocenters. The van der Waals surface area contributed by atoms with Gasteiger partial charge in [-0.05, 0) is 24.5 Å². The van der Waals surface area contributed by atoms with Crippen LogP contribution in [0.25, 0.3) is 0 Å². The molecule has 3 amide bonds. The first-order valence-corrected chi connectivity index (χ1v) is 9.77. The Kier molecular flexibility index (Phi) is 5.00. The largest absolute Gasteiger partial charge is 0.488 e. The highest BCUT2D eigenvalue weighted by Gasteiger charge is 2.31. The fraction of sp³-hybridized carbons (Fsp3) is 0.600. The standard InChI is InChI=1S/C20H27N3O3/c24-19(15-5-1-2-6-15)22-9-11-23(12-10-22)20(25)21-14-17-13-16-7-3-4-8-18(16)26-17/h3-4,7-8,15,17H,1-2,5-6,9-14H2,(H,21,25)/t17-/m0/s1. The van der Waals surface area contributed by atoms with Crippen LogP contribution in [0, 0.1) is 5.92 Å². The van der Waals surface area contributed by atoms with E-state index in [9.17, 15) is 9.59 Å². The molecule has 2 fully saturated rings. The van der Waals surface area contributed by atoms with Gasteiger partial charge in [-0.25, -0.2) is 4.79 Å². The lowest BCUT2D eigenvalue weighted by Gasteiger charge is -2.36. The van der Waals surface area contributed by atoms with Crippen molar-refractivity contribution in [3.8, 4) is 5.75 Å². The normalized spacial score (nSPS) is 22.8. The number of ether oxygens (including phenoxy) is 1. The first kappa shape index (κ1) is 17.2. The summed E-state index contributed by atoms with van der Waals surface area (Å²) in [5.41, 5.74) is 1.20. The van der Waals surface area contributed by atoms with Crippen molar-refractivity contribution in [2.45, 2.75) is 38.2 Å². The molecular weight excluding hydrogens is 330 g/mol. The van der Waals surface area contributed by atoms with E-state index >= 15 is 0 Å². The zero-order valence-electron chi connectivity index (χ0n) is 15.2. The van der Waals surface area contributed by atoms with Crippen LogP contribution in [0.3, 0.4) is 0 Å². The van der Waals surface area contributed by atoms with E-state index in [1.165, 1.54) is 18.4 Å². The zero-order chi connectivity index (χ0) is 17.9. The van der Waals surface area contributed by atoms with Crippen molar-refractivity contribution in [2.75, 3.05) is 32.7 Å². The number of hydrogen-bond donors (Lipinski definition) is 1. The number of benzene rings is 1. The van der Waals surface area contributed by atoms with E-state index in [-0.39, 0.29) is 18.1 Å². The average Bonchev–Trinajstić information content (AvgIpc) is 3.35. The van der Waals surface area contributed by atoms with E-state index < -0.39 is 0 Å². The number of hydrogen-bond acceptors (Lipinski definition) is 3. The lowest BCUT2D eigenvalue weighted by atomic mass is 10.1. The number of urea groups is 1. The molecule has 6 nitrogen and oxygen atoms in total. The average molecular weight is 357 g/mol. The molecule has 1 saturated heterocycles. The molecule has 0 bridgehead atoms. The molecule has 6 heteroatoms. The summed E-state index contributed by atoms with van der Waals surface area (Å²) in [4.78, 5) is 28.6. The lowest BCUT2D eigenvalue weighted by molar-refractivity contribution is -0.136. The van der Waals surface area contributed by atoms with Gasteiger partial charge in [0, 0.05) is 38.5 Å². The van der Waals surface area contributed by atoms with Gasteiger partial charge in [0.15, 0.2) is 0 Å². The van der Waals surface area contributed by atoms with Crippen LogP contribution in [0.4, 0.5) is 4.79 Å². The Morgan fingerprint density at radius 3 is 2.46 bits per heavy atom. The van der Waals surface area contributed by atoms with E-state index in [2.05, 4.69) is 11.4 Å². The molecule has 1 N–H and O–H groups in total. The van der Waals surface area contributed by atoms with Gasteiger partial charge < -0.3 is 19.9 Å². The van der Waals surface area contributed by atoms with Crippen molar-refractivity contribution in [3.05, 3.63) is 29.8 Å². The minimum absolute atomic E-state index is 0.00147. The summed E-state index contributed by atoms with van der Waals surface area (Å²) in [7, 11) is 0. The molecule has 0 spiro atoms. The van der Waals surface area contributed by atoms with Crippen molar-refractivity contribution in [1.29, 1.82) is 0 Å². The molecule has 2 aliphatic heterocycles. The number of nitrogens with one attached hydrogen (secondary N) is 1. The molecule has 0 unspecified atom stereocenters. The summed E-state index contributed by atoms with van der Waals surface area (Å²) in [6.45, 7) is 3.02. The molecule has 3 aliphatic rings. The second kappa shape index (κ2) is 7.56. The molecule has 4 rings (SSSR count). The van der Waals surface area contributed by atoms with Crippen LogP contribution in [-0.2, 0) is 11.2 Å². The van der Waals surface area contributed by atoms with Crippen molar-refractivity contribution >= 4 is 11.9 Å². The molecule has 26 heavy (non-hydrogen) atoms. The monoisotopic (exact) mass is 357 g/mol. The number of rotatable bonds is 3. The maximum Gasteiger partial charge on any atom is 0.317 e. The number of piperazine rings is 1. The molecule has 1 saturated carbocycles. The molecule has 0 aromatic heterocycles. The fourth-order valence-electron chi connectivity index (χ4n) is 4.24. The van der Waals surface area contributed by atoms with Gasteiger partial charge in [0.25, 0.3) is 0 Å². The Balaban J connectivity index is 1.20. The van der Waals surface area contributed by atoms with Crippen LogP contribution >= 0.6 is 0 Å². The SMILES string of the molecule is O=C(NC[C@@H]1Cc2ccccc2O1)N1CCN(C(=O)C2CCCC2)CC1. The fourth-order valence-corrected chi connectivity index (χ4v) is 4.24. The Hall–Kier alpha value is -2.24. The van der Waals surface area contributed by atoms with E-state index in [0.29, 0.717) is 38.6 Å². The number of carbonyl (C=O) groups excluding carboxylic acids is 2. The maximum atomic E-state index is 12.5. The van der Waals surface area contributed by atoms with Gasteiger partial charge in [0.2, 0.25) is 5.91 Å². The van der Waals surface area contributed by atoms with Crippen molar-refractivity contribution in [2.24, 2.45) is 5.92 Å². The summed E-state index contributed by atoms with van der Waals surface area (Å²) in [5, 5.41) is 2.99. The van der Waals surface area contributed by atoms with Gasteiger partial charge in [0.1, 0.15) is 11.9 Å². The van der Waals surface area contributed by atoms with Gasteiger partial charge in [-0.1, -0.05) is 31.0 Å². The number of fused-ring (bicyclic) bond motifs is 1. The molecule has 0 radical (unpaired) electrons. The minimum Gasteiger partial charge on any atom is -0.488 e. The van der Waals surface area contributed by atoms with Gasteiger partial charge >= 0.3 is 6.03 Å². The lowest BCUT2D eigenvalue weighted by Crippen LogP contribution is -2.54. The molecule has 1 aromatic rings. The summed E-state index contributed by atoms with van der Waals surface area (Å²) in [6, 6.07) is 7.95. The summed E-state index contributed by atoms with van der Waals surface area (Å²) < 4.78 is 5.86. The highest BCUT2D eigenvalue weighted by molar-refractivity contribution is 5.80. The quantitative estimate of drug-likeness (QED) is 0.900. The van der Waals surface area contributed by atoms with Crippen molar-refractivity contribution in [3.63, 3.8) is 0 Å². The van der Waals surface area contributed by atoms with Gasteiger partial charge in [-0.3, -0.25) is 4.79 Å². The zero-order valence-corrected chi connectivity index (χ0v) is 15.2. The first-order valence-electron chi connectivity index (χ1n) is 9.77. The number of para-hydroxylation sites is 1. The highest BCUT2D eigenvalue weighted by Crippen LogP contribution is 2.28. The molecule has 1 aromatic carbocycles. The second-order valence-corrected chi connectivity index (χ2v) is 7.53. The summed E-state index contributed by atoms with van der Waals surface area (Å²) >= 11 is 0.